The number of hydrogen-bond acceptors (Lipinski definition) is 5. The molecular weight excluding hydrogens is 278 g/mol. The molecule has 1 atom stereocenters. The quantitative estimate of drug-likeness (QED) is 0.890. The maximum absolute atomic E-state index is 11.4. The van der Waals surface area contributed by atoms with Crippen LogP contribution in [0.2, 0.25) is 0 Å². The van der Waals surface area contributed by atoms with Crippen molar-refractivity contribution < 1.29 is 4.79 Å². The molecule has 3 rings (SSSR count). The Kier molecular flexibility index (Phi) is 4.87. The van der Waals surface area contributed by atoms with E-state index in [9.17, 15) is 4.79 Å². The zero-order valence-electron chi connectivity index (χ0n) is 13.3. The van der Waals surface area contributed by atoms with E-state index in [1.807, 2.05) is 4.90 Å². The van der Waals surface area contributed by atoms with Gasteiger partial charge in [-0.05, 0) is 38.3 Å². The van der Waals surface area contributed by atoms with Gasteiger partial charge in [-0.3, -0.25) is 4.79 Å². The number of hydrogen-bond donors (Lipinski definition) is 1. The van der Waals surface area contributed by atoms with E-state index < -0.39 is 0 Å². The molecule has 2 aliphatic heterocycles. The van der Waals surface area contributed by atoms with Crippen LogP contribution in [-0.2, 0) is 11.2 Å². The highest BCUT2D eigenvalue weighted by molar-refractivity contribution is 5.73. The van der Waals surface area contributed by atoms with E-state index >= 15 is 0 Å². The first-order valence-corrected chi connectivity index (χ1v) is 8.24. The molecule has 22 heavy (non-hydrogen) atoms. The van der Waals surface area contributed by atoms with Crippen LogP contribution >= 0.6 is 0 Å². The summed E-state index contributed by atoms with van der Waals surface area (Å²) in [5.41, 5.74) is 1.13. The maximum Gasteiger partial charge on any atom is 0.219 e. The summed E-state index contributed by atoms with van der Waals surface area (Å²) < 4.78 is 0. The van der Waals surface area contributed by atoms with Gasteiger partial charge in [-0.1, -0.05) is 0 Å². The van der Waals surface area contributed by atoms with E-state index in [4.69, 9.17) is 0 Å². The predicted octanol–water partition coefficient (Wildman–Crippen LogP) is 0.687. The van der Waals surface area contributed by atoms with Gasteiger partial charge in [0.1, 0.15) is 12.1 Å². The first-order chi connectivity index (χ1) is 10.7. The van der Waals surface area contributed by atoms with Gasteiger partial charge in [-0.25, -0.2) is 9.97 Å². The second kappa shape index (κ2) is 7.05. The number of aromatic nitrogens is 2. The summed E-state index contributed by atoms with van der Waals surface area (Å²) in [7, 11) is 0. The van der Waals surface area contributed by atoms with Gasteiger partial charge in [0.15, 0.2) is 0 Å². The minimum absolute atomic E-state index is 0.160. The molecule has 1 amide bonds. The van der Waals surface area contributed by atoms with Gasteiger partial charge < -0.3 is 15.1 Å². The monoisotopic (exact) mass is 303 g/mol. The average Bonchev–Trinajstić information content (AvgIpc) is 2.56. The lowest BCUT2D eigenvalue weighted by atomic mass is 9.94. The second-order valence-corrected chi connectivity index (χ2v) is 6.28. The topological polar surface area (TPSA) is 61.4 Å². The van der Waals surface area contributed by atoms with Crippen LogP contribution in [0.5, 0.6) is 0 Å². The normalized spacial score (nSPS) is 22.7. The van der Waals surface area contributed by atoms with Crippen molar-refractivity contribution in [1.29, 1.82) is 0 Å². The Morgan fingerprint density at radius 1 is 1.32 bits per heavy atom. The van der Waals surface area contributed by atoms with E-state index in [0.29, 0.717) is 5.92 Å². The first kappa shape index (κ1) is 15.2. The number of amides is 1. The third-order valence-corrected chi connectivity index (χ3v) is 4.66. The van der Waals surface area contributed by atoms with Crippen molar-refractivity contribution in [1.82, 2.24) is 20.2 Å². The van der Waals surface area contributed by atoms with Crippen LogP contribution in [-0.4, -0.2) is 60.0 Å². The first-order valence-electron chi connectivity index (χ1n) is 8.24. The molecule has 0 saturated carbocycles. The number of carbonyl (C=O) groups excluding carboxylic acids is 1. The molecule has 0 bridgehead atoms. The molecule has 0 aliphatic carbocycles. The minimum atomic E-state index is 0.160. The zero-order valence-corrected chi connectivity index (χ0v) is 13.3. The van der Waals surface area contributed by atoms with Crippen LogP contribution in [0.25, 0.3) is 0 Å². The summed E-state index contributed by atoms with van der Waals surface area (Å²) in [6.45, 7) is 7.13. The zero-order chi connectivity index (χ0) is 15.4. The Balaban J connectivity index is 1.60. The molecule has 1 aromatic heterocycles. The van der Waals surface area contributed by atoms with Crippen molar-refractivity contribution in [2.24, 2.45) is 5.92 Å². The highest BCUT2D eigenvalue weighted by Crippen LogP contribution is 2.19. The fraction of sp³-hybridized carbons (Fsp3) is 0.688. The van der Waals surface area contributed by atoms with Crippen LogP contribution in [0.3, 0.4) is 0 Å². The molecule has 0 aromatic carbocycles. The van der Waals surface area contributed by atoms with Crippen molar-refractivity contribution in [2.75, 3.05) is 44.2 Å². The van der Waals surface area contributed by atoms with Gasteiger partial charge in [-0.2, -0.15) is 0 Å². The van der Waals surface area contributed by atoms with Crippen molar-refractivity contribution >= 4 is 11.7 Å². The molecule has 0 spiro atoms. The van der Waals surface area contributed by atoms with Crippen molar-refractivity contribution in [3.63, 3.8) is 0 Å². The van der Waals surface area contributed by atoms with Crippen LogP contribution in [0.4, 0.5) is 5.82 Å². The Bertz CT molecular complexity index is 507. The van der Waals surface area contributed by atoms with Gasteiger partial charge in [0.2, 0.25) is 5.91 Å². The summed E-state index contributed by atoms with van der Waals surface area (Å²) in [5.74, 6) is 1.84. The van der Waals surface area contributed by atoms with E-state index in [1.165, 1.54) is 12.8 Å². The molecule has 0 radical (unpaired) electrons. The molecule has 3 heterocycles. The number of nitrogens with one attached hydrogen (secondary N) is 1. The summed E-state index contributed by atoms with van der Waals surface area (Å²) in [5, 5.41) is 3.46. The number of rotatable bonds is 3. The van der Waals surface area contributed by atoms with E-state index in [-0.39, 0.29) is 5.91 Å². The number of piperidine rings is 1. The largest absolute Gasteiger partial charge is 0.353 e. The van der Waals surface area contributed by atoms with Gasteiger partial charge in [-0.15, -0.1) is 0 Å². The third kappa shape index (κ3) is 3.74. The van der Waals surface area contributed by atoms with E-state index in [1.54, 1.807) is 13.3 Å². The lowest BCUT2D eigenvalue weighted by Gasteiger charge is -2.35. The summed E-state index contributed by atoms with van der Waals surface area (Å²) in [6, 6.07) is 2.12. The minimum Gasteiger partial charge on any atom is -0.353 e. The van der Waals surface area contributed by atoms with Crippen LogP contribution in [0, 0.1) is 5.92 Å². The maximum atomic E-state index is 11.4. The number of anilines is 1. The number of carbonyl (C=O) groups is 1. The second-order valence-electron chi connectivity index (χ2n) is 6.28. The molecule has 0 unspecified atom stereocenters. The Morgan fingerprint density at radius 3 is 2.82 bits per heavy atom. The number of nitrogens with zero attached hydrogens (tertiary/aromatic N) is 4. The van der Waals surface area contributed by atoms with Crippen LogP contribution < -0.4 is 10.2 Å². The Morgan fingerprint density at radius 2 is 2.14 bits per heavy atom. The molecular formula is C16H25N5O. The van der Waals surface area contributed by atoms with Crippen LogP contribution in [0.1, 0.15) is 25.5 Å². The van der Waals surface area contributed by atoms with Gasteiger partial charge in [0.25, 0.3) is 0 Å². The standard InChI is InChI=1S/C16H25N5O/c1-13(22)20-5-7-21(8-6-20)16-10-15(18-12-19-16)9-14-3-2-4-17-11-14/h10,12,14,17H,2-9,11H2,1H3/t14-/m1/s1. The lowest BCUT2D eigenvalue weighted by Crippen LogP contribution is -2.48. The molecule has 6 heteroatoms. The molecule has 6 nitrogen and oxygen atoms in total. The van der Waals surface area contributed by atoms with Gasteiger partial charge in [0.05, 0.1) is 0 Å². The fourth-order valence-corrected chi connectivity index (χ4v) is 3.31. The number of piperazine rings is 1. The summed E-state index contributed by atoms with van der Waals surface area (Å²) in [4.78, 5) is 24.4. The van der Waals surface area contributed by atoms with Crippen LogP contribution in [0.15, 0.2) is 12.4 Å². The van der Waals surface area contributed by atoms with Gasteiger partial charge >= 0.3 is 0 Å². The summed E-state index contributed by atoms with van der Waals surface area (Å²) >= 11 is 0. The SMILES string of the molecule is CC(=O)N1CCN(c2cc(C[C@H]3CCCNC3)ncn2)CC1. The van der Waals surface area contributed by atoms with E-state index in [0.717, 1.165) is 57.2 Å². The fourth-order valence-electron chi connectivity index (χ4n) is 3.31. The van der Waals surface area contributed by atoms with Crippen molar-refractivity contribution in [3.8, 4) is 0 Å². The van der Waals surface area contributed by atoms with Gasteiger partial charge in [0, 0.05) is 44.9 Å². The molecule has 2 fully saturated rings. The predicted molar refractivity (Wildman–Crippen MR) is 85.8 cm³/mol. The molecule has 1 N–H and O–H groups in total. The van der Waals surface area contributed by atoms with Crippen molar-refractivity contribution in [3.05, 3.63) is 18.1 Å². The summed E-state index contributed by atoms with van der Waals surface area (Å²) in [6.07, 6.45) is 5.24. The van der Waals surface area contributed by atoms with E-state index in [2.05, 4.69) is 26.3 Å². The Labute approximate surface area is 131 Å². The third-order valence-electron chi connectivity index (χ3n) is 4.66. The lowest BCUT2D eigenvalue weighted by molar-refractivity contribution is -0.129. The molecule has 2 aliphatic rings. The highest BCUT2D eigenvalue weighted by atomic mass is 16.2. The Hall–Kier alpha value is -1.69. The molecule has 1 aromatic rings. The molecule has 2 saturated heterocycles. The van der Waals surface area contributed by atoms with Crippen molar-refractivity contribution in [2.45, 2.75) is 26.2 Å². The smallest absolute Gasteiger partial charge is 0.219 e. The highest BCUT2D eigenvalue weighted by Gasteiger charge is 2.20. The molecule has 120 valence electrons. The average molecular weight is 303 g/mol.